The summed E-state index contributed by atoms with van der Waals surface area (Å²) in [5, 5.41) is 8.30. The van der Waals surface area contributed by atoms with E-state index in [0.29, 0.717) is 6.04 Å². The molecule has 3 rings (SSSR count). The molecule has 0 spiro atoms. The summed E-state index contributed by atoms with van der Waals surface area (Å²) in [6.45, 7) is 5.09. The molecule has 3 heteroatoms. The molecule has 1 aromatic heterocycles. The Kier molecular flexibility index (Phi) is 4.28. The van der Waals surface area contributed by atoms with E-state index in [-0.39, 0.29) is 0 Å². The van der Waals surface area contributed by atoms with Crippen molar-refractivity contribution in [2.75, 3.05) is 5.32 Å². The van der Waals surface area contributed by atoms with Gasteiger partial charge in [0.15, 0.2) is 0 Å². The smallest absolute Gasteiger partial charge is 0.0815 e. The van der Waals surface area contributed by atoms with Gasteiger partial charge < -0.3 is 5.32 Å². The van der Waals surface area contributed by atoms with E-state index >= 15 is 0 Å². The molecule has 1 heterocycles. The monoisotopic (exact) mass is 283 g/mol. The van der Waals surface area contributed by atoms with Crippen LogP contribution in [0.4, 0.5) is 5.69 Å². The molecule has 1 aliphatic carbocycles. The number of anilines is 1. The van der Waals surface area contributed by atoms with Crippen molar-refractivity contribution in [2.24, 2.45) is 0 Å². The molecule has 0 amide bonds. The standard InChI is InChI=1S/C18H25N3/c1-14-7-6-8-15(2)18(14)19-13-16-11-12-21(20-16)17-9-4-3-5-10-17/h6-8,11-12,17,19H,3-5,9-10,13H2,1-2H3. The van der Waals surface area contributed by atoms with Crippen LogP contribution in [0.15, 0.2) is 30.5 Å². The molecular formula is C18H25N3. The van der Waals surface area contributed by atoms with Gasteiger partial charge in [-0.05, 0) is 43.9 Å². The minimum Gasteiger partial charge on any atom is -0.379 e. The van der Waals surface area contributed by atoms with Crippen molar-refractivity contribution in [2.45, 2.75) is 58.5 Å². The minimum absolute atomic E-state index is 0.618. The Morgan fingerprint density at radius 2 is 1.81 bits per heavy atom. The summed E-state index contributed by atoms with van der Waals surface area (Å²) in [6, 6.07) is 9.17. The maximum absolute atomic E-state index is 4.76. The molecule has 0 aliphatic heterocycles. The van der Waals surface area contributed by atoms with E-state index < -0.39 is 0 Å². The van der Waals surface area contributed by atoms with Gasteiger partial charge in [0, 0.05) is 11.9 Å². The summed E-state index contributed by atoms with van der Waals surface area (Å²) in [5.74, 6) is 0. The molecule has 0 unspecified atom stereocenters. The van der Waals surface area contributed by atoms with Gasteiger partial charge in [-0.15, -0.1) is 0 Å². The molecule has 1 saturated carbocycles. The molecule has 1 aromatic carbocycles. The summed E-state index contributed by atoms with van der Waals surface area (Å²) < 4.78 is 2.18. The zero-order chi connectivity index (χ0) is 14.7. The highest BCUT2D eigenvalue weighted by Gasteiger charge is 2.15. The van der Waals surface area contributed by atoms with Gasteiger partial charge in [-0.1, -0.05) is 37.5 Å². The van der Waals surface area contributed by atoms with Crippen molar-refractivity contribution in [3.8, 4) is 0 Å². The first-order valence-electron chi connectivity index (χ1n) is 8.08. The Morgan fingerprint density at radius 1 is 1.10 bits per heavy atom. The van der Waals surface area contributed by atoms with Crippen LogP contribution in [0.1, 0.15) is 55.0 Å². The van der Waals surface area contributed by atoms with Crippen LogP contribution in [-0.2, 0) is 6.54 Å². The molecule has 1 fully saturated rings. The lowest BCUT2D eigenvalue weighted by molar-refractivity contribution is 0.328. The third-order valence-corrected chi connectivity index (χ3v) is 4.54. The van der Waals surface area contributed by atoms with Crippen molar-refractivity contribution in [3.05, 3.63) is 47.3 Å². The summed E-state index contributed by atoms with van der Waals surface area (Å²) in [4.78, 5) is 0. The number of para-hydroxylation sites is 1. The number of nitrogens with one attached hydrogen (secondary N) is 1. The van der Waals surface area contributed by atoms with Crippen LogP contribution in [0, 0.1) is 13.8 Å². The minimum atomic E-state index is 0.618. The van der Waals surface area contributed by atoms with Crippen LogP contribution >= 0.6 is 0 Å². The largest absolute Gasteiger partial charge is 0.379 e. The van der Waals surface area contributed by atoms with Crippen LogP contribution in [-0.4, -0.2) is 9.78 Å². The Hall–Kier alpha value is -1.77. The van der Waals surface area contributed by atoms with Gasteiger partial charge in [-0.25, -0.2) is 0 Å². The summed E-state index contributed by atoms with van der Waals surface area (Å²) >= 11 is 0. The molecule has 2 aromatic rings. The molecule has 112 valence electrons. The van der Waals surface area contributed by atoms with Gasteiger partial charge in [0.25, 0.3) is 0 Å². The van der Waals surface area contributed by atoms with Crippen LogP contribution < -0.4 is 5.32 Å². The number of hydrogen-bond acceptors (Lipinski definition) is 2. The highest BCUT2D eigenvalue weighted by molar-refractivity contribution is 5.56. The molecule has 0 bridgehead atoms. The lowest BCUT2D eigenvalue weighted by Crippen LogP contribution is -2.14. The SMILES string of the molecule is Cc1cccc(C)c1NCc1ccn(C2CCCCC2)n1. The number of aryl methyl sites for hydroxylation is 2. The van der Waals surface area contributed by atoms with E-state index in [2.05, 4.69) is 54.3 Å². The second-order valence-electron chi connectivity index (χ2n) is 6.20. The quantitative estimate of drug-likeness (QED) is 0.887. The zero-order valence-electron chi connectivity index (χ0n) is 13.1. The van der Waals surface area contributed by atoms with E-state index in [9.17, 15) is 0 Å². The maximum Gasteiger partial charge on any atom is 0.0815 e. The predicted molar refractivity (Wildman–Crippen MR) is 87.6 cm³/mol. The molecule has 21 heavy (non-hydrogen) atoms. The molecular weight excluding hydrogens is 258 g/mol. The maximum atomic E-state index is 4.76. The van der Waals surface area contributed by atoms with Crippen molar-refractivity contribution < 1.29 is 0 Å². The van der Waals surface area contributed by atoms with Crippen LogP contribution in [0.3, 0.4) is 0 Å². The summed E-state index contributed by atoms with van der Waals surface area (Å²) in [5.41, 5.74) is 4.95. The van der Waals surface area contributed by atoms with Gasteiger partial charge in [-0.2, -0.15) is 5.10 Å². The molecule has 1 aliphatic rings. The Bertz CT molecular complexity index is 574. The molecule has 3 nitrogen and oxygen atoms in total. The second-order valence-corrected chi connectivity index (χ2v) is 6.20. The first-order chi connectivity index (χ1) is 10.2. The van der Waals surface area contributed by atoms with Crippen molar-refractivity contribution in [3.63, 3.8) is 0 Å². The number of benzene rings is 1. The van der Waals surface area contributed by atoms with Gasteiger partial charge in [-0.3, -0.25) is 4.68 Å². The topological polar surface area (TPSA) is 29.9 Å². The Balaban J connectivity index is 1.64. The third kappa shape index (κ3) is 3.29. The van der Waals surface area contributed by atoms with Gasteiger partial charge in [0.05, 0.1) is 18.3 Å². The summed E-state index contributed by atoms with van der Waals surface area (Å²) in [7, 11) is 0. The number of aromatic nitrogens is 2. The average Bonchev–Trinajstić information content (AvgIpc) is 2.97. The first kappa shape index (κ1) is 14.2. The van der Waals surface area contributed by atoms with Crippen LogP contribution in [0.5, 0.6) is 0 Å². The van der Waals surface area contributed by atoms with E-state index in [1.54, 1.807) is 0 Å². The molecule has 1 N–H and O–H groups in total. The second kappa shape index (κ2) is 6.33. The van der Waals surface area contributed by atoms with Gasteiger partial charge >= 0.3 is 0 Å². The number of nitrogens with zero attached hydrogens (tertiary/aromatic N) is 2. The van der Waals surface area contributed by atoms with Gasteiger partial charge in [0.2, 0.25) is 0 Å². The predicted octanol–water partition coefficient (Wildman–Crippen LogP) is 4.62. The fourth-order valence-electron chi connectivity index (χ4n) is 3.29. The lowest BCUT2D eigenvalue weighted by Gasteiger charge is -2.21. The Morgan fingerprint density at radius 3 is 2.52 bits per heavy atom. The molecule has 0 atom stereocenters. The van der Waals surface area contributed by atoms with E-state index in [4.69, 9.17) is 5.10 Å². The molecule has 0 radical (unpaired) electrons. The molecule has 0 saturated heterocycles. The van der Waals surface area contributed by atoms with Gasteiger partial charge in [0.1, 0.15) is 0 Å². The van der Waals surface area contributed by atoms with E-state index in [1.165, 1.54) is 48.9 Å². The van der Waals surface area contributed by atoms with Crippen molar-refractivity contribution in [1.29, 1.82) is 0 Å². The van der Waals surface area contributed by atoms with E-state index in [1.807, 2.05) is 0 Å². The lowest BCUT2D eigenvalue weighted by atomic mass is 9.96. The summed E-state index contributed by atoms with van der Waals surface area (Å²) in [6.07, 6.45) is 8.80. The number of hydrogen-bond donors (Lipinski definition) is 1. The highest BCUT2D eigenvalue weighted by Crippen LogP contribution is 2.27. The number of rotatable bonds is 4. The third-order valence-electron chi connectivity index (χ3n) is 4.54. The fraction of sp³-hybridized carbons (Fsp3) is 0.500. The first-order valence-corrected chi connectivity index (χ1v) is 8.08. The van der Waals surface area contributed by atoms with Crippen molar-refractivity contribution >= 4 is 5.69 Å². The highest BCUT2D eigenvalue weighted by atomic mass is 15.3. The van der Waals surface area contributed by atoms with Crippen molar-refractivity contribution in [1.82, 2.24) is 9.78 Å². The average molecular weight is 283 g/mol. The normalized spacial score (nSPS) is 16.1. The van der Waals surface area contributed by atoms with Crippen LogP contribution in [0.25, 0.3) is 0 Å². The van der Waals surface area contributed by atoms with Crippen LogP contribution in [0.2, 0.25) is 0 Å². The fourth-order valence-corrected chi connectivity index (χ4v) is 3.29. The zero-order valence-corrected chi connectivity index (χ0v) is 13.1. The Labute approximate surface area is 127 Å². The van der Waals surface area contributed by atoms with E-state index in [0.717, 1.165) is 12.2 Å².